The van der Waals surface area contributed by atoms with Gasteiger partial charge in [0.25, 0.3) is 11.7 Å². The summed E-state index contributed by atoms with van der Waals surface area (Å²) in [6.07, 6.45) is 3.75. The molecule has 0 aromatic heterocycles. The minimum Gasteiger partial charge on any atom is -0.507 e. The number of carbonyl (C=O) groups is 2. The van der Waals surface area contributed by atoms with Crippen molar-refractivity contribution in [2.24, 2.45) is 0 Å². The van der Waals surface area contributed by atoms with E-state index in [2.05, 4.69) is 6.92 Å². The van der Waals surface area contributed by atoms with Gasteiger partial charge >= 0.3 is 0 Å². The summed E-state index contributed by atoms with van der Waals surface area (Å²) < 4.78 is 16.4. The summed E-state index contributed by atoms with van der Waals surface area (Å²) in [4.78, 5) is 27.6. The van der Waals surface area contributed by atoms with E-state index < -0.39 is 17.7 Å². The first kappa shape index (κ1) is 25.3. The van der Waals surface area contributed by atoms with E-state index >= 15 is 0 Å². The highest BCUT2D eigenvalue weighted by Crippen LogP contribution is 2.42. The van der Waals surface area contributed by atoms with Crippen molar-refractivity contribution in [1.29, 1.82) is 0 Å². The lowest BCUT2D eigenvalue weighted by Crippen LogP contribution is -2.31. The molecule has 0 aliphatic carbocycles. The van der Waals surface area contributed by atoms with Crippen LogP contribution in [0.2, 0.25) is 0 Å². The van der Waals surface area contributed by atoms with Crippen LogP contribution >= 0.6 is 0 Å². The van der Waals surface area contributed by atoms with E-state index in [-0.39, 0.29) is 11.3 Å². The highest BCUT2D eigenvalue weighted by atomic mass is 16.5. The van der Waals surface area contributed by atoms with Crippen LogP contribution in [-0.4, -0.2) is 55.7 Å². The molecule has 1 unspecified atom stereocenters. The van der Waals surface area contributed by atoms with Crippen molar-refractivity contribution in [3.63, 3.8) is 0 Å². The van der Waals surface area contributed by atoms with Crippen molar-refractivity contribution in [1.82, 2.24) is 4.90 Å². The third kappa shape index (κ3) is 5.59. The normalized spacial score (nSPS) is 17.3. The van der Waals surface area contributed by atoms with Gasteiger partial charge in [0.1, 0.15) is 17.3 Å². The second kappa shape index (κ2) is 12.2. The number of rotatable bonds is 12. The fourth-order valence-corrected chi connectivity index (χ4v) is 4.11. The maximum absolute atomic E-state index is 13.1. The summed E-state index contributed by atoms with van der Waals surface area (Å²) in [6, 6.07) is 13.4. The molecule has 7 nitrogen and oxygen atoms in total. The van der Waals surface area contributed by atoms with Crippen LogP contribution < -0.4 is 9.47 Å². The largest absolute Gasteiger partial charge is 0.507 e. The van der Waals surface area contributed by atoms with Gasteiger partial charge in [-0.15, -0.1) is 0 Å². The second-order valence-electron chi connectivity index (χ2n) is 8.16. The number of carbonyl (C=O) groups excluding carboxylic acids is 2. The summed E-state index contributed by atoms with van der Waals surface area (Å²) >= 11 is 0. The van der Waals surface area contributed by atoms with Gasteiger partial charge in [-0.1, -0.05) is 38.0 Å². The Morgan fingerprint density at radius 3 is 2.38 bits per heavy atom. The lowest BCUT2D eigenvalue weighted by atomic mass is 9.94. The molecule has 2 aromatic carbocycles. The molecule has 1 atom stereocenters. The number of aliphatic hydroxyl groups is 1. The Balaban J connectivity index is 1.98. The van der Waals surface area contributed by atoms with E-state index in [9.17, 15) is 14.7 Å². The van der Waals surface area contributed by atoms with E-state index in [4.69, 9.17) is 14.2 Å². The minimum absolute atomic E-state index is 0.0449. The number of Topliss-reactive ketones (excluding diaryl/α,β-unsaturated/α-hetero) is 1. The second-order valence-corrected chi connectivity index (χ2v) is 8.16. The molecule has 1 aliphatic heterocycles. The zero-order valence-corrected chi connectivity index (χ0v) is 20.1. The molecule has 1 fully saturated rings. The molecule has 34 heavy (non-hydrogen) atoms. The molecule has 1 aliphatic rings. The number of ether oxygens (including phenoxy) is 3. The van der Waals surface area contributed by atoms with Crippen LogP contribution in [0, 0.1) is 0 Å². The van der Waals surface area contributed by atoms with Gasteiger partial charge in [-0.25, -0.2) is 0 Å². The number of hydrogen-bond donors (Lipinski definition) is 1. The third-order valence-corrected chi connectivity index (χ3v) is 5.87. The number of amides is 1. The maximum Gasteiger partial charge on any atom is 0.295 e. The van der Waals surface area contributed by atoms with Crippen molar-refractivity contribution in [2.75, 3.05) is 34.0 Å². The Labute approximate surface area is 200 Å². The quantitative estimate of drug-likeness (QED) is 0.210. The van der Waals surface area contributed by atoms with Crippen LogP contribution in [0.15, 0.2) is 54.1 Å². The van der Waals surface area contributed by atoms with E-state index in [1.54, 1.807) is 43.5 Å². The first-order valence-corrected chi connectivity index (χ1v) is 11.7. The maximum atomic E-state index is 13.1. The molecule has 1 amide bonds. The Bertz CT molecular complexity index is 1010. The van der Waals surface area contributed by atoms with Crippen LogP contribution in [0.1, 0.15) is 49.8 Å². The Hall–Kier alpha value is -3.32. The Morgan fingerprint density at radius 1 is 0.971 bits per heavy atom. The van der Waals surface area contributed by atoms with Crippen molar-refractivity contribution in [2.45, 2.75) is 38.6 Å². The molecule has 0 radical (unpaired) electrons. The highest BCUT2D eigenvalue weighted by molar-refractivity contribution is 6.46. The van der Waals surface area contributed by atoms with E-state index in [1.165, 1.54) is 12.0 Å². The molecule has 2 aromatic rings. The minimum atomic E-state index is -0.766. The molecule has 1 heterocycles. The molecular weight excluding hydrogens is 434 g/mol. The predicted octanol–water partition coefficient (Wildman–Crippen LogP) is 4.72. The van der Waals surface area contributed by atoms with Crippen LogP contribution in [0.4, 0.5) is 0 Å². The number of ketones is 1. The Morgan fingerprint density at radius 2 is 1.71 bits per heavy atom. The fraction of sp³-hybridized carbons (Fsp3) is 0.407. The van der Waals surface area contributed by atoms with Gasteiger partial charge in [-0.3, -0.25) is 9.59 Å². The van der Waals surface area contributed by atoms with Gasteiger partial charge in [-0.05, 0) is 43.2 Å². The van der Waals surface area contributed by atoms with Gasteiger partial charge in [0.15, 0.2) is 0 Å². The van der Waals surface area contributed by atoms with Gasteiger partial charge in [0, 0.05) is 31.4 Å². The lowest BCUT2D eigenvalue weighted by molar-refractivity contribution is -0.140. The molecule has 1 N–H and O–H groups in total. The van der Waals surface area contributed by atoms with Gasteiger partial charge in [0.2, 0.25) is 0 Å². The van der Waals surface area contributed by atoms with Crippen molar-refractivity contribution < 1.29 is 28.9 Å². The smallest absolute Gasteiger partial charge is 0.295 e. The van der Waals surface area contributed by atoms with E-state index in [0.29, 0.717) is 48.8 Å². The van der Waals surface area contributed by atoms with E-state index in [0.717, 1.165) is 19.3 Å². The lowest BCUT2D eigenvalue weighted by Gasteiger charge is -2.26. The molecule has 1 saturated heterocycles. The number of aliphatic hydroxyl groups excluding tert-OH is 1. The average Bonchev–Trinajstić information content (AvgIpc) is 3.11. The van der Waals surface area contributed by atoms with Crippen molar-refractivity contribution >= 4 is 17.4 Å². The molecule has 3 rings (SSSR count). The number of methoxy groups -OCH3 is 2. The summed E-state index contributed by atoms with van der Waals surface area (Å²) in [5.41, 5.74) is 1.12. The third-order valence-electron chi connectivity index (χ3n) is 5.87. The summed E-state index contributed by atoms with van der Waals surface area (Å²) in [7, 11) is 3.12. The molecule has 0 bridgehead atoms. The molecule has 182 valence electrons. The van der Waals surface area contributed by atoms with Crippen molar-refractivity contribution in [3.8, 4) is 11.5 Å². The average molecular weight is 468 g/mol. The fourth-order valence-electron chi connectivity index (χ4n) is 4.11. The van der Waals surface area contributed by atoms with Crippen LogP contribution in [0.3, 0.4) is 0 Å². The zero-order valence-electron chi connectivity index (χ0n) is 20.1. The van der Waals surface area contributed by atoms with Gasteiger partial charge < -0.3 is 24.2 Å². The summed E-state index contributed by atoms with van der Waals surface area (Å²) in [5.74, 6) is -0.363. The summed E-state index contributed by atoms with van der Waals surface area (Å²) in [5, 5.41) is 11.2. The van der Waals surface area contributed by atoms with Crippen LogP contribution in [0.25, 0.3) is 5.76 Å². The number of para-hydroxylation sites is 1. The van der Waals surface area contributed by atoms with Gasteiger partial charge in [0.05, 0.1) is 25.3 Å². The topological polar surface area (TPSA) is 85.3 Å². The van der Waals surface area contributed by atoms with Crippen LogP contribution in [-0.2, 0) is 14.3 Å². The number of unbranched alkanes of at least 4 members (excludes halogenated alkanes) is 2. The molecule has 0 spiro atoms. The number of nitrogens with zero attached hydrogens (tertiary/aromatic N) is 1. The zero-order chi connectivity index (χ0) is 24.5. The van der Waals surface area contributed by atoms with E-state index in [1.807, 2.05) is 12.1 Å². The molecule has 7 heteroatoms. The van der Waals surface area contributed by atoms with Crippen molar-refractivity contribution in [3.05, 3.63) is 65.2 Å². The number of hydrogen-bond acceptors (Lipinski definition) is 6. The monoisotopic (exact) mass is 467 g/mol. The number of benzene rings is 2. The first-order valence-electron chi connectivity index (χ1n) is 11.7. The van der Waals surface area contributed by atoms with Crippen LogP contribution in [0.5, 0.6) is 11.5 Å². The van der Waals surface area contributed by atoms with Gasteiger partial charge in [-0.2, -0.15) is 0 Å². The SMILES string of the molecule is CCCCCOc1ccc(/C(O)=C2/C(=O)C(=O)N(CCCOC)C2c2ccccc2OC)cc1. The first-order chi connectivity index (χ1) is 16.5. The highest BCUT2D eigenvalue weighted by Gasteiger charge is 2.46. The summed E-state index contributed by atoms with van der Waals surface area (Å²) in [6.45, 7) is 3.51. The predicted molar refractivity (Wildman–Crippen MR) is 130 cm³/mol. The molecule has 0 saturated carbocycles. The number of likely N-dealkylation sites (tertiary alicyclic amines) is 1. The molecular formula is C27H33NO6. The standard InChI is InChI=1S/C27H33NO6/c1-4-5-8-18-34-20-14-12-19(13-15-20)25(29)23-24(21-10-6-7-11-22(21)33-3)28(16-9-17-32-2)27(31)26(23)30/h6-7,10-15,24,29H,4-5,8-9,16-18H2,1-3H3/b25-23-. The Kier molecular flexibility index (Phi) is 9.10.